The molecule has 1 aliphatic heterocycles. The summed E-state index contributed by atoms with van der Waals surface area (Å²) in [5.41, 5.74) is 2.38. The molecule has 1 aliphatic carbocycles. The zero-order valence-corrected chi connectivity index (χ0v) is 12.9. The third-order valence-electron chi connectivity index (χ3n) is 4.59. The summed E-state index contributed by atoms with van der Waals surface area (Å²) in [6.45, 7) is 9.51. The van der Waals surface area contributed by atoms with Crippen molar-refractivity contribution >= 4 is 0 Å². The van der Waals surface area contributed by atoms with Gasteiger partial charge in [-0.15, -0.1) is 0 Å². The molecule has 1 fully saturated rings. The third kappa shape index (κ3) is 3.24. The first-order chi connectivity index (χ1) is 10.1. The van der Waals surface area contributed by atoms with E-state index >= 15 is 0 Å². The van der Waals surface area contributed by atoms with Crippen molar-refractivity contribution < 1.29 is 14.2 Å². The molecular weight excluding hydrogens is 264 g/mol. The number of fused-ring (bicyclic) bond motifs is 1. The zero-order chi connectivity index (χ0) is 14.8. The lowest BCUT2D eigenvalue weighted by molar-refractivity contribution is -0.0225. The minimum atomic E-state index is 0.289. The van der Waals surface area contributed by atoms with Gasteiger partial charge in [-0.05, 0) is 49.8 Å². The van der Waals surface area contributed by atoms with E-state index in [1.54, 1.807) is 0 Å². The number of ether oxygens (including phenoxy) is 3. The highest BCUT2D eigenvalue weighted by atomic mass is 16.7. The lowest BCUT2D eigenvalue weighted by Crippen LogP contribution is -2.31. The van der Waals surface area contributed by atoms with E-state index in [-0.39, 0.29) is 6.10 Å². The summed E-state index contributed by atoms with van der Waals surface area (Å²) in [6.07, 6.45) is 3.89. The molecule has 0 bridgehead atoms. The van der Waals surface area contributed by atoms with E-state index in [0.717, 1.165) is 29.4 Å². The Labute approximate surface area is 126 Å². The Hall–Kier alpha value is -1.48. The quantitative estimate of drug-likeness (QED) is 0.773. The minimum absolute atomic E-state index is 0.289. The van der Waals surface area contributed by atoms with E-state index in [2.05, 4.69) is 26.5 Å². The standard InChI is InChI=1S/C18H24O3/c1-12(2)15-6-4-13(3)8-17(15)19-10-14-5-7-16-18(9-14)21-11-20-16/h5,7,9,13,15,17H,1,4,6,8,10-11H2,2-3H3. The Kier molecular flexibility index (Phi) is 4.20. The van der Waals surface area contributed by atoms with Crippen LogP contribution in [0, 0.1) is 11.8 Å². The van der Waals surface area contributed by atoms with Crippen molar-refractivity contribution in [3.05, 3.63) is 35.9 Å². The Morgan fingerprint density at radius 1 is 1.29 bits per heavy atom. The van der Waals surface area contributed by atoms with Crippen LogP contribution in [0.2, 0.25) is 0 Å². The predicted octanol–water partition coefficient (Wildman–Crippen LogP) is 4.31. The van der Waals surface area contributed by atoms with Crippen LogP contribution in [0.3, 0.4) is 0 Å². The van der Waals surface area contributed by atoms with Gasteiger partial charge < -0.3 is 14.2 Å². The summed E-state index contributed by atoms with van der Waals surface area (Å²) < 4.78 is 17.0. The van der Waals surface area contributed by atoms with Gasteiger partial charge in [-0.2, -0.15) is 0 Å². The fraction of sp³-hybridized carbons (Fsp3) is 0.556. The monoisotopic (exact) mass is 288 g/mol. The van der Waals surface area contributed by atoms with Crippen molar-refractivity contribution in [2.75, 3.05) is 6.79 Å². The molecule has 1 aromatic carbocycles. The van der Waals surface area contributed by atoms with E-state index in [1.165, 1.54) is 18.4 Å². The SMILES string of the molecule is C=C(C)C1CCC(C)CC1OCc1ccc2c(c1)OCO2. The van der Waals surface area contributed by atoms with Gasteiger partial charge in [-0.25, -0.2) is 0 Å². The fourth-order valence-corrected chi connectivity index (χ4v) is 3.31. The maximum absolute atomic E-state index is 6.22. The van der Waals surface area contributed by atoms with E-state index in [9.17, 15) is 0 Å². The Balaban J connectivity index is 1.63. The van der Waals surface area contributed by atoms with Gasteiger partial charge in [0.25, 0.3) is 0 Å². The third-order valence-corrected chi connectivity index (χ3v) is 4.59. The molecule has 2 aliphatic rings. The molecule has 3 nitrogen and oxygen atoms in total. The highest BCUT2D eigenvalue weighted by molar-refractivity contribution is 5.44. The molecule has 21 heavy (non-hydrogen) atoms. The maximum Gasteiger partial charge on any atom is 0.231 e. The molecule has 0 aromatic heterocycles. The number of hydrogen-bond donors (Lipinski definition) is 0. The van der Waals surface area contributed by atoms with E-state index in [4.69, 9.17) is 14.2 Å². The van der Waals surface area contributed by atoms with Crippen molar-refractivity contribution in [1.29, 1.82) is 0 Å². The summed E-state index contributed by atoms with van der Waals surface area (Å²) >= 11 is 0. The van der Waals surface area contributed by atoms with Gasteiger partial charge in [0.2, 0.25) is 6.79 Å². The van der Waals surface area contributed by atoms with Crippen molar-refractivity contribution in [3.63, 3.8) is 0 Å². The van der Waals surface area contributed by atoms with Crippen LogP contribution in [0.15, 0.2) is 30.4 Å². The molecule has 0 saturated heterocycles. The van der Waals surface area contributed by atoms with Crippen LogP contribution in [0.25, 0.3) is 0 Å². The first-order valence-electron chi connectivity index (χ1n) is 7.79. The average Bonchev–Trinajstić information content (AvgIpc) is 2.92. The van der Waals surface area contributed by atoms with Gasteiger partial charge in [0.05, 0.1) is 12.7 Å². The van der Waals surface area contributed by atoms with E-state index in [1.807, 2.05) is 12.1 Å². The smallest absolute Gasteiger partial charge is 0.231 e. The van der Waals surface area contributed by atoms with Crippen LogP contribution in [0.5, 0.6) is 11.5 Å². The largest absolute Gasteiger partial charge is 0.454 e. The zero-order valence-electron chi connectivity index (χ0n) is 12.9. The molecule has 3 atom stereocenters. The lowest BCUT2D eigenvalue weighted by atomic mass is 9.77. The summed E-state index contributed by atoms with van der Waals surface area (Å²) in [5.74, 6) is 2.88. The summed E-state index contributed by atoms with van der Waals surface area (Å²) in [4.78, 5) is 0. The summed E-state index contributed by atoms with van der Waals surface area (Å²) in [7, 11) is 0. The van der Waals surface area contributed by atoms with Crippen LogP contribution < -0.4 is 9.47 Å². The fourth-order valence-electron chi connectivity index (χ4n) is 3.31. The minimum Gasteiger partial charge on any atom is -0.454 e. The normalized spacial score (nSPS) is 27.6. The number of benzene rings is 1. The molecule has 0 radical (unpaired) electrons. The summed E-state index contributed by atoms with van der Waals surface area (Å²) in [5, 5.41) is 0. The Morgan fingerprint density at radius 3 is 2.90 bits per heavy atom. The molecular formula is C18H24O3. The highest BCUT2D eigenvalue weighted by Gasteiger charge is 2.29. The number of rotatable bonds is 4. The molecule has 3 rings (SSSR count). The van der Waals surface area contributed by atoms with Gasteiger partial charge >= 0.3 is 0 Å². The molecule has 0 N–H and O–H groups in total. The second kappa shape index (κ2) is 6.10. The van der Waals surface area contributed by atoms with Gasteiger partial charge in [-0.1, -0.05) is 25.1 Å². The molecule has 3 heteroatoms. The highest BCUT2D eigenvalue weighted by Crippen LogP contribution is 2.36. The molecule has 0 spiro atoms. The molecule has 3 unspecified atom stereocenters. The molecule has 114 valence electrons. The molecule has 1 saturated carbocycles. The molecule has 1 aromatic rings. The van der Waals surface area contributed by atoms with Gasteiger partial charge in [0.15, 0.2) is 11.5 Å². The molecule has 1 heterocycles. The van der Waals surface area contributed by atoms with Crippen LogP contribution >= 0.6 is 0 Å². The lowest BCUT2D eigenvalue weighted by Gasteiger charge is -2.35. The van der Waals surface area contributed by atoms with Crippen molar-refractivity contribution in [3.8, 4) is 11.5 Å². The Bertz CT molecular complexity index is 523. The topological polar surface area (TPSA) is 27.7 Å². The van der Waals surface area contributed by atoms with Crippen LogP contribution in [-0.2, 0) is 11.3 Å². The van der Waals surface area contributed by atoms with Gasteiger partial charge in [-0.3, -0.25) is 0 Å². The Morgan fingerprint density at radius 2 is 2.10 bits per heavy atom. The number of hydrogen-bond acceptors (Lipinski definition) is 3. The van der Waals surface area contributed by atoms with Gasteiger partial charge in [0.1, 0.15) is 0 Å². The second-order valence-corrected chi connectivity index (χ2v) is 6.41. The van der Waals surface area contributed by atoms with E-state index in [0.29, 0.717) is 19.3 Å². The van der Waals surface area contributed by atoms with Crippen molar-refractivity contribution in [2.45, 2.75) is 45.8 Å². The second-order valence-electron chi connectivity index (χ2n) is 6.41. The first-order valence-corrected chi connectivity index (χ1v) is 7.79. The van der Waals surface area contributed by atoms with Crippen LogP contribution in [-0.4, -0.2) is 12.9 Å². The average molecular weight is 288 g/mol. The first kappa shape index (κ1) is 14.5. The van der Waals surface area contributed by atoms with Gasteiger partial charge in [0, 0.05) is 5.92 Å². The summed E-state index contributed by atoms with van der Waals surface area (Å²) in [6, 6.07) is 6.03. The van der Waals surface area contributed by atoms with Crippen molar-refractivity contribution in [1.82, 2.24) is 0 Å². The van der Waals surface area contributed by atoms with E-state index < -0.39 is 0 Å². The van der Waals surface area contributed by atoms with Crippen LogP contribution in [0.4, 0.5) is 0 Å². The van der Waals surface area contributed by atoms with Crippen LogP contribution in [0.1, 0.15) is 38.7 Å². The molecule has 0 amide bonds. The predicted molar refractivity (Wildman–Crippen MR) is 82.5 cm³/mol. The maximum atomic E-state index is 6.22. The van der Waals surface area contributed by atoms with Crippen molar-refractivity contribution in [2.24, 2.45) is 11.8 Å².